The topological polar surface area (TPSA) is 120 Å². The number of benzene rings is 2. The molecule has 0 unspecified atom stereocenters. The molecule has 2 amide bonds. The van der Waals surface area contributed by atoms with Crippen molar-refractivity contribution in [2.45, 2.75) is 46.0 Å². The summed E-state index contributed by atoms with van der Waals surface area (Å²) >= 11 is 0. The predicted molar refractivity (Wildman–Crippen MR) is 141 cm³/mol. The molecule has 1 aromatic heterocycles. The Morgan fingerprint density at radius 3 is 2.43 bits per heavy atom. The number of ether oxygens (including phenoxy) is 1. The molecule has 0 saturated heterocycles. The third-order valence-corrected chi connectivity index (χ3v) is 5.77. The molecule has 0 radical (unpaired) electrons. The van der Waals surface area contributed by atoms with Gasteiger partial charge in [-0.2, -0.15) is 5.10 Å². The van der Waals surface area contributed by atoms with Crippen LogP contribution >= 0.6 is 0 Å². The van der Waals surface area contributed by atoms with Crippen LogP contribution in [0.4, 0.5) is 11.5 Å². The number of nitro benzene ring substituents is 1. The summed E-state index contributed by atoms with van der Waals surface area (Å²) in [5.41, 5.74) is 1.25. The van der Waals surface area contributed by atoms with Gasteiger partial charge in [0.2, 0.25) is 5.91 Å². The first-order chi connectivity index (χ1) is 17.5. The minimum atomic E-state index is -0.549. The van der Waals surface area contributed by atoms with Crippen LogP contribution in [0, 0.1) is 10.1 Å². The molecular weight excluding hydrogens is 474 g/mol. The van der Waals surface area contributed by atoms with Crippen LogP contribution in [0.1, 0.15) is 56.6 Å². The first kappa shape index (κ1) is 27.4. The summed E-state index contributed by atoms with van der Waals surface area (Å²) in [7, 11) is 1.59. The minimum absolute atomic E-state index is 0.163. The van der Waals surface area contributed by atoms with Crippen molar-refractivity contribution in [2.75, 3.05) is 25.5 Å². The third-order valence-electron chi connectivity index (χ3n) is 5.77. The van der Waals surface area contributed by atoms with E-state index in [1.807, 2.05) is 58.0 Å². The van der Waals surface area contributed by atoms with Crippen LogP contribution in [0.25, 0.3) is 5.69 Å². The normalized spacial score (nSPS) is 11.2. The second kappa shape index (κ2) is 11.7. The Hall–Kier alpha value is -4.21. The maximum absolute atomic E-state index is 13.2. The predicted octanol–water partition coefficient (Wildman–Crippen LogP) is 4.97. The third kappa shape index (κ3) is 6.93. The molecule has 0 aliphatic rings. The van der Waals surface area contributed by atoms with Crippen molar-refractivity contribution in [1.82, 2.24) is 14.7 Å². The minimum Gasteiger partial charge on any atom is -0.497 e. The lowest BCUT2D eigenvalue weighted by molar-refractivity contribution is -0.384. The highest BCUT2D eigenvalue weighted by molar-refractivity contribution is 5.99. The van der Waals surface area contributed by atoms with Gasteiger partial charge in [0.15, 0.2) is 0 Å². The standard InChI is InChI=1S/C27H33N5O5/c1-6-7-15-30(26(34)19-9-8-10-21(16-19)32(35)36)18-25(33)28-24-17-23(27(2,3)4)29-31(24)20-11-13-22(37-5)14-12-20/h8-14,16-17H,6-7,15,18H2,1-5H3,(H,28,33). The van der Waals surface area contributed by atoms with E-state index in [-0.39, 0.29) is 23.2 Å². The van der Waals surface area contributed by atoms with Gasteiger partial charge in [-0.1, -0.05) is 40.2 Å². The average molecular weight is 508 g/mol. The number of anilines is 1. The molecule has 3 rings (SSSR count). The number of hydrogen-bond acceptors (Lipinski definition) is 6. The molecule has 196 valence electrons. The Balaban J connectivity index is 1.87. The number of nitrogens with one attached hydrogen (secondary N) is 1. The number of unbranched alkanes of at least 4 members (excludes halogenated alkanes) is 1. The number of nitrogens with zero attached hydrogens (tertiary/aromatic N) is 4. The Kier molecular flexibility index (Phi) is 8.65. The summed E-state index contributed by atoms with van der Waals surface area (Å²) < 4.78 is 6.89. The van der Waals surface area contributed by atoms with E-state index in [1.165, 1.54) is 29.2 Å². The maximum atomic E-state index is 13.2. The fourth-order valence-corrected chi connectivity index (χ4v) is 3.65. The number of non-ortho nitro benzene ring substituents is 1. The van der Waals surface area contributed by atoms with Crippen molar-refractivity contribution in [2.24, 2.45) is 0 Å². The maximum Gasteiger partial charge on any atom is 0.270 e. The highest BCUT2D eigenvalue weighted by atomic mass is 16.6. The van der Waals surface area contributed by atoms with Crippen LogP contribution < -0.4 is 10.1 Å². The van der Waals surface area contributed by atoms with E-state index < -0.39 is 16.7 Å². The number of methoxy groups -OCH3 is 1. The highest BCUT2D eigenvalue weighted by Gasteiger charge is 2.24. The summed E-state index contributed by atoms with van der Waals surface area (Å²) in [5, 5.41) is 18.8. The Bertz CT molecular complexity index is 1260. The van der Waals surface area contributed by atoms with Gasteiger partial charge in [0, 0.05) is 35.7 Å². The molecule has 0 aliphatic heterocycles. The van der Waals surface area contributed by atoms with Gasteiger partial charge in [-0.15, -0.1) is 0 Å². The van der Waals surface area contributed by atoms with Gasteiger partial charge < -0.3 is 15.0 Å². The number of carbonyl (C=O) groups is 2. The van der Waals surface area contributed by atoms with Crippen LogP contribution in [-0.2, 0) is 10.2 Å². The van der Waals surface area contributed by atoms with Crippen molar-refractivity contribution in [3.63, 3.8) is 0 Å². The zero-order valence-electron chi connectivity index (χ0n) is 21.9. The summed E-state index contributed by atoms with van der Waals surface area (Å²) in [5.74, 6) is 0.332. The van der Waals surface area contributed by atoms with E-state index >= 15 is 0 Å². The number of rotatable bonds is 10. The van der Waals surface area contributed by atoms with Crippen molar-refractivity contribution in [3.05, 3.63) is 76.0 Å². The molecule has 0 aliphatic carbocycles. The highest BCUT2D eigenvalue weighted by Crippen LogP contribution is 2.27. The molecule has 10 nitrogen and oxygen atoms in total. The van der Waals surface area contributed by atoms with E-state index in [9.17, 15) is 19.7 Å². The summed E-state index contributed by atoms with van der Waals surface area (Å²) in [4.78, 5) is 38.4. The van der Waals surface area contributed by atoms with Gasteiger partial charge in [0.25, 0.3) is 11.6 Å². The molecule has 0 spiro atoms. The van der Waals surface area contributed by atoms with E-state index in [0.29, 0.717) is 24.5 Å². The quantitative estimate of drug-likeness (QED) is 0.306. The molecule has 0 bridgehead atoms. The molecule has 0 fully saturated rings. The molecule has 2 aromatic carbocycles. The zero-order chi connectivity index (χ0) is 27.2. The van der Waals surface area contributed by atoms with E-state index in [1.54, 1.807) is 11.8 Å². The Labute approximate surface area is 216 Å². The van der Waals surface area contributed by atoms with Gasteiger partial charge in [0.05, 0.1) is 23.4 Å². The Morgan fingerprint density at radius 2 is 1.84 bits per heavy atom. The summed E-state index contributed by atoms with van der Waals surface area (Å²) in [6, 6.07) is 14.7. The zero-order valence-corrected chi connectivity index (χ0v) is 21.9. The lowest BCUT2D eigenvalue weighted by atomic mass is 9.92. The smallest absolute Gasteiger partial charge is 0.270 e. The van der Waals surface area contributed by atoms with Crippen molar-refractivity contribution in [3.8, 4) is 11.4 Å². The first-order valence-electron chi connectivity index (χ1n) is 12.1. The average Bonchev–Trinajstić information content (AvgIpc) is 3.30. The molecular formula is C27H33N5O5. The van der Waals surface area contributed by atoms with Gasteiger partial charge in [0.1, 0.15) is 18.1 Å². The summed E-state index contributed by atoms with van der Waals surface area (Å²) in [6.07, 6.45) is 1.51. The molecule has 10 heteroatoms. The van der Waals surface area contributed by atoms with Gasteiger partial charge in [-0.3, -0.25) is 19.7 Å². The number of nitro groups is 1. The molecule has 1 N–H and O–H groups in total. The van der Waals surface area contributed by atoms with E-state index in [4.69, 9.17) is 9.84 Å². The van der Waals surface area contributed by atoms with Gasteiger partial charge >= 0.3 is 0 Å². The number of hydrogen-bond donors (Lipinski definition) is 1. The van der Waals surface area contributed by atoms with Gasteiger partial charge in [-0.05, 0) is 36.8 Å². The fourth-order valence-electron chi connectivity index (χ4n) is 3.65. The number of carbonyl (C=O) groups excluding carboxylic acids is 2. The monoisotopic (exact) mass is 507 g/mol. The van der Waals surface area contributed by atoms with Crippen molar-refractivity contribution < 1.29 is 19.2 Å². The van der Waals surface area contributed by atoms with Gasteiger partial charge in [-0.25, -0.2) is 4.68 Å². The summed E-state index contributed by atoms with van der Waals surface area (Å²) in [6.45, 7) is 8.21. The van der Waals surface area contributed by atoms with E-state index in [2.05, 4.69) is 5.32 Å². The fraction of sp³-hybridized carbons (Fsp3) is 0.370. The van der Waals surface area contributed by atoms with Crippen LogP contribution in [0.2, 0.25) is 0 Å². The lowest BCUT2D eigenvalue weighted by Gasteiger charge is -2.22. The number of aromatic nitrogens is 2. The molecule has 0 atom stereocenters. The SMILES string of the molecule is CCCCN(CC(=O)Nc1cc(C(C)(C)C)nn1-c1ccc(OC)cc1)C(=O)c1cccc([N+](=O)[O-])c1. The molecule has 1 heterocycles. The number of amides is 2. The largest absolute Gasteiger partial charge is 0.497 e. The van der Waals surface area contributed by atoms with Crippen molar-refractivity contribution >= 4 is 23.3 Å². The first-order valence-corrected chi connectivity index (χ1v) is 12.1. The molecule has 3 aromatic rings. The molecule has 37 heavy (non-hydrogen) atoms. The lowest BCUT2D eigenvalue weighted by Crippen LogP contribution is -2.39. The second-order valence-corrected chi connectivity index (χ2v) is 9.71. The molecule has 0 saturated carbocycles. The van der Waals surface area contributed by atoms with Crippen molar-refractivity contribution in [1.29, 1.82) is 0 Å². The van der Waals surface area contributed by atoms with Crippen LogP contribution in [0.3, 0.4) is 0 Å². The Morgan fingerprint density at radius 1 is 1.14 bits per heavy atom. The van der Waals surface area contributed by atoms with Crippen LogP contribution in [0.15, 0.2) is 54.6 Å². The van der Waals surface area contributed by atoms with Crippen LogP contribution in [-0.4, -0.2) is 51.6 Å². The van der Waals surface area contributed by atoms with E-state index in [0.717, 1.165) is 17.8 Å². The van der Waals surface area contributed by atoms with Crippen LogP contribution in [0.5, 0.6) is 5.75 Å². The second-order valence-electron chi connectivity index (χ2n) is 9.71.